The number of aromatic nitrogens is 2. The SMILES string of the molecule is CCCC(O)(Cn1ccnc1)c1ccc2c(c1)CCC(=O)N2. The number of anilines is 1. The van der Waals surface area contributed by atoms with Gasteiger partial charge in [0.1, 0.15) is 5.60 Å². The van der Waals surface area contributed by atoms with Crippen LogP contribution in [0.4, 0.5) is 5.69 Å². The molecule has 0 saturated carbocycles. The summed E-state index contributed by atoms with van der Waals surface area (Å²) < 4.78 is 1.90. The van der Waals surface area contributed by atoms with Crippen molar-refractivity contribution < 1.29 is 9.90 Å². The third-order valence-corrected chi connectivity index (χ3v) is 4.20. The number of imidazole rings is 1. The Morgan fingerprint density at radius 1 is 1.41 bits per heavy atom. The zero-order chi connectivity index (χ0) is 15.6. The lowest BCUT2D eigenvalue weighted by atomic mass is 9.86. The Morgan fingerprint density at radius 2 is 2.27 bits per heavy atom. The highest BCUT2D eigenvalue weighted by Crippen LogP contribution is 2.33. The van der Waals surface area contributed by atoms with E-state index in [1.54, 1.807) is 12.5 Å². The first-order valence-electron chi connectivity index (χ1n) is 7.72. The van der Waals surface area contributed by atoms with Crippen LogP contribution in [0.15, 0.2) is 36.9 Å². The minimum absolute atomic E-state index is 0.0579. The molecule has 2 N–H and O–H groups in total. The molecule has 1 aromatic carbocycles. The van der Waals surface area contributed by atoms with E-state index in [4.69, 9.17) is 0 Å². The van der Waals surface area contributed by atoms with E-state index in [0.717, 1.165) is 29.7 Å². The molecule has 0 bridgehead atoms. The molecule has 1 aliphatic rings. The van der Waals surface area contributed by atoms with Crippen molar-refractivity contribution in [3.8, 4) is 0 Å². The molecule has 5 heteroatoms. The monoisotopic (exact) mass is 299 g/mol. The van der Waals surface area contributed by atoms with Crippen molar-refractivity contribution in [1.29, 1.82) is 0 Å². The summed E-state index contributed by atoms with van der Waals surface area (Å²) in [6.45, 7) is 2.55. The molecule has 1 amide bonds. The number of rotatable bonds is 5. The van der Waals surface area contributed by atoms with E-state index in [1.807, 2.05) is 29.0 Å². The first kappa shape index (κ1) is 14.8. The van der Waals surface area contributed by atoms with E-state index >= 15 is 0 Å². The van der Waals surface area contributed by atoms with E-state index < -0.39 is 5.60 Å². The Morgan fingerprint density at radius 3 is 3.00 bits per heavy atom. The second-order valence-corrected chi connectivity index (χ2v) is 5.94. The van der Waals surface area contributed by atoms with Gasteiger partial charge < -0.3 is 15.0 Å². The van der Waals surface area contributed by atoms with Crippen LogP contribution >= 0.6 is 0 Å². The van der Waals surface area contributed by atoms with E-state index in [9.17, 15) is 9.90 Å². The van der Waals surface area contributed by atoms with Crippen LogP contribution in [-0.4, -0.2) is 20.6 Å². The molecule has 1 atom stereocenters. The molecule has 2 aromatic rings. The maximum Gasteiger partial charge on any atom is 0.224 e. The van der Waals surface area contributed by atoms with Gasteiger partial charge in [0.2, 0.25) is 5.91 Å². The molecule has 0 saturated heterocycles. The summed E-state index contributed by atoms with van der Waals surface area (Å²) in [5, 5.41) is 14.1. The second kappa shape index (κ2) is 5.93. The Kier molecular flexibility index (Phi) is 3.98. The Balaban J connectivity index is 1.92. The predicted octanol–water partition coefficient (Wildman–Crippen LogP) is 2.46. The Labute approximate surface area is 130 Å². The van der Waals surface area contributed by atoms with Gasteiger partial charge in [0.05, 0.1) is 12.9 Å². The minimum atomic E-state index is -0.925. The van der Waals surface area contributed by atoms with Gasteiger partial charge in [-0.05, 0) is 30.0 Å². The van der Waals surface area contributed by atoms with Crippen molar-refractivity contribution >= 4 is 11.6 Å². The normalized spacial score (nSPS) is 16.7. The summed E-state index contributed by atoms with van der Waals surface area (Å²) in [7, 11) is 0. The number of nitrogens with zero attached hydrogens (tertiary/aromatic N) is 2. The summed E-state index contributed by atoms with van der Waals surface area (Å²) in [6.07, 6.45) is 8.09. The van der Waals surface area contributed by atoms with Gasteiger partial charge in [-0.15, -0.1) is 0 Å². The standard InChI is InChI=1S/C17H21N3O2/c1-2-7-17(22,11-20-9-8-18-12-20)14-4-5-15-13(10-14)3-6-16(21)19-15/h4-5,8-10,12,22H,2-3,6-7,11H2,1H3,(H,19,21). The molecule has 1 unspecified atom stereocenters. The maximum atomic E-state index is 11.5. The van der Waals surface area contributed by atoms with Gasteiger partial charge in [0.25, 0.3) is 0 Å². The zero-order valence-corrected chi connectivity index (χ0v) is 12.7. The Hall–Kier alpha value is -2.14. The van der Waals surface area contributed by atoms with E-state index in [0.29, 0.717) is 19.4 Å². The number of hydrogen-bond acceptors (Lipinski definition) is 3. The van der Waals surface area contributed by atoms with Crippen LogP contribution in [0.2, 0.25) is 0 Å². The lowest BCUT2D eigenvalue weighted by Crippen LogP contribution is -2.31. The number of aryl methyl sites for hydroxylation is 1. The number of hydrogen-bond donors (Lipinski definition) is 2. The van der Waals surface area contributed by atoms with Crippen LogP contribution < -0.4 is 5.32 Å². The highest BCUT2D eigenvalue weighted by Gasteiger charge is 2.30. The molecule has 116 valence electrons. The van der Waals surface area contributed by atoms with Crippen molar-refractivity contribution in [1.82, 2.24) is 9.55 Å². The molecule has 1 aliphatic heterocycles. The molecule has 0 spiro atoms. The number of benzene rings is 1. The highest BCUT2D eigenvalue weighted by molar-refractivity contribution is 5.93. The van der Waals surface area contributed by atoms with Gasteiger partial charge in [-0.3, -0.25) is 4.79 Å². The predicted molar refractivity (Wildman–Crippen MR) is 84.4 cm³/mol. The second-order valence-electron chi connectivity index (χ2n) is 5.94. The molecule has 0 aliphatic carbocycles. The largest absolute Gasteiger partial charge is 0.383 e. The fourth-order valence-corrected chi connectivity index (χ4v) is 3.08. The van der Waals surface area contributed by atoms with Crippen molar-refractivity contribution in [2.24, 2.45) is 0 Å². The molecular formula is C17H21N3O2. The molecule has 22 heavy (non-hydrogen) atoms. The lowest BCUT2D eigenvalue weighted by Gasteiger charge is -2.30. The fourth-order valence-electron chi connectivity index (χ4n) is 3.08. The van der Waals surface area contributed by atoms with Crippen LogP contribution in [0.1, 0.15) is 37.3 Å². The summed E-state index contributed by atoms with van der Waals surface area (Å²) in [6, 6.07) is 5.84. The fraction of sp³-hybridized carbons (Fsp3) is 0.412. The van der Waals surface area contributed by atoms with Gasteiger partial charge in [-0.1, -0.05) is 25.5 Å². The van der Waals surface area contributed by atoms with Crippen LogP contribution in [0.5, 0.6) is 0 Å². The van der Waals surface area contributed by atoms with Crippen molar-refractivity contribution in [3.63, 3.8) is 0 Å². The number of carbonyl (C=O) groups is 1. The minimum Gasteiger partial charge on any atom is -0.383 e. The van der Waals surface area contributed by atoms with E-state index in [2.05, 4.69) is 17.2 Å². The van der Waals surface area contributed by atoms with Gasteiger partial charge in [-0.25, -0.2) is 4.98 Å². The molecule has 1 aromatic heterocycles. The Bertz CT molecular complexity index is 667. The van der Waals surface area contributed by atoms with E-state index in [-0.39, 0.29) is 5.91 Å². The number of carbonyl (C=O) groups excluding carboxylic acids is 1. The van der Waals surface area contributed by atoms with Gasteiger partial charge in [-0.2, -0.15) is 0 Å². The van der Waals surface area contributed by atoms with Gasteiger partial charge in [0, 0.05) is 24.5 Å². The van der Waals surface area contributed by atoms with Gasteiger partial charge >= 0.3 is 0 Å². The summed E-state index contributed by atoms with van der Waals surface area (Å²) in [5.41, 5.74) is 1.93. The smallest absolute Gasteiger partial charge is 0.224 e. The average molecular weight is 299 g/mol. The van der Waals surface area contributed by atoms with Crippen LogP contribution in [0.25, 0.3) is 0 Å². The first-order valence-corrected chi connectivity index (χ1v) is 7.72. The van der Waals surface area contributed by atoms with Crippen molar-refractivity contribution in [2.45, 2.75) is 44.8 Å². The van der Waals surface area contributed by atoms with Crippen LogP contribution in [0, 0.1) is 0 Å². The molecule has 3 rings (SSSR count). The molecule has 0 radical (unpaired) electrons. The van der Waals surface area contributed by atoms with Crippen molar-refractivity contribution in [3.05, 3.63) is 48.0 Å². The van der Waals surface area contributed by atoms with Crippen LogP contribution in [-0.2, 0) is 23.4 Å². The maximum absolute atomic E-state index is 11.5. The summed E-state index contributed by atoms with van der Waals surface area (Å²) in [4.78, 5) is 15.5. The molecular weight excluding hydrogens is 278 g/mol. The highest BCUT2D eigenvalue weighted by atomic mass is 16.3. The molecule has 5 nitrogen and oxygen atoms in total. The van der Waals surface area contributed by atoms with Crippen LogP contribution in [0.3, 0.4) is 0 Å². The first-order chi connectivity index (χ1) is 10.6. The average Bonchev–Trinajstić information content (AvgIpc) is 2.99. The number of aliphatic hydroxyl groups is 1. The molecule has 2 heterocycles. The topological polar surface area (TPSA) is 67.1 Å². The summed E-state index contributed by atoms with van der Waals surface area (Å²) >= 11 is 0. The third-order valence-electron chi connectivity index (χ3n) is 4.20. The van der Waals surface area contributed by atoms with Gasteiger partial charge in [0.15, 0.2) is 0 Å². The molecule has 0 fully saturated rings. The van der Waals surface area contributed by atoms with Crippen molar-refractivity contribution in [2.75, 3.05) is 5.32 Å². The third kappa shape index (κ3) is 2.90. The number of nitrogens with one attached hydrogen (secondary N) is 1. The van der Waals surface area contributed by atoms with E-state index in [1.165, 1.54) is 0 Å². The quantitative estimate of drug-likeness (QED) is 0.891. The zero-order valence-electron chi connectivity index (χ0n) is 12.7. The lowest BCUT2D eigenvalue weighted by molar-refractivity contribution is -0.116. The summed E-state index contributed by atoms with van der Waals surface area (Å²) in [5.74, 6) is 0.0579. The number of fused-ring (bicyclic) bond motifs is 1. The number of amides is 1.